The Labute approximate surface area is 99.6 Å². The van der Waals surface area contributed by atoms with E-state index >= 15 is 0 Å². The van der Waals surface area contributed by atoms with Gasteiger partial charge in [-0.3, -0.25) is 5.21 Å². The van der Waals surface area contributed by atoms with Gasteiger partial charge < -0.3 is 5.32 Å². The van der Waals surface area contributed by atoms with Gasteiger partial charge >= 0.3 is 0 Å². The molecule has 0 amide bonds. The summed E-state index contributed by atoms with van der Waals surface area (Å²) in [6.45, 7) is 0. The van der Waals surface area contributed by atoms with E-state index < -0.39 is 0 Å². The zero-order chi connectivity index (χ0) is 11.9. The molecule has 0 aliphatic rings. The zero-order valence-corrected chi connectivity index (χ0v) is 9.17. The summed E-state index contributed by atoms with van der Waals surface area (Å²) in [5.74, 6) is 0.280. The number of nitrogens with zero attached hydrogens (tertiary/aromatic N) is 1. The third-order valence-corrected chi connectivity index (χ3v) is 2.14. The van der Waals surface area contributed by atoms with Gasteiger partial charge in [-0.05, 0) is 24.3 Å². The fraction of sp³-hybridized carbons (Fsp3) is 0. The number of guanidine groups is 1. The van der Waals surface area contributed by atoms with Gasteiger partial charge in [-0.25, -0.2) is 10.5 Å². The van der Waals surface area contributed by atoms with Crippen LogP contribution in [0.1, 0.15) is 0 Å². The lowest BCUT2D eigenvalue weighted by atomic mass is 10.3. The predicted molar refractivity (Wildman–Crippen MR) is 68.5 cm³/mol. The Balaban J connectivity index is 2.15. The molecule has 0 atom stereocenters. The maximum Gasteiger partial charge on any atom is 0.225 e. The summed E-state index contributed by atoms with van der Waals surface area (Å²) in [4.78, 5) is 4.22. The lowest BCUT2D eigenvalue weighted by molar-refractivity contribution is 0.234. The second-order valence-electron chi connectivity index (χ2n) is 3.40. The first-order chi connectivity index (χ1) is 8.38. The quantitative estimate of drug-likeness (QED) is 0.420. The van der Waals surface area contributed by atoms with Crippen LogP contribution in [0.25, 0.3) is 0 Å². The molecule has 0 bridgehead atoms. The molecule has 2 aromatic rings. The van der Waals surface area contributed by atoms with Gasteiger partial charge in [0.25, 0.3) is 0 Å². The Hall–Kier alpha value is -2.33. The first kappa shape index (κ1) is 11.2. The van der Waals surface area contributed by atoms with E-state index in [1.54, 1.807) is 0 Å². The van der Waals surface area contributed by atoms with E-state index in [9.17, 15) is 0 Å². The van der Waals surface area contributed by atoms with Crippen molar-refractivity contribution >= 4 is 17.3 Å². The largest absolute Gasteiger partial charge is 0.324 e. The molecule has 3 N–H and O–H groups in total. The van der Waals surface area contributed by atoms with Gasteiger partial charge in [0, 0.05) is 5.69 Å². The molecule has 0 unspecified atom stereocenters. The van der Waals surface area contributed by atoms with Crippen LogP contribution >= 0.6 is 0 Å². The number of aliphatic imine (C=N–C) groups is 1. The number of para-hydroxylation sites is 2. The molecule has 0 aromatic heterocycles. The summed E-state index contributed by atoms with van der Waals surface area (Å²) in [6.07, 6.45) is 0. The topological polar surface area (TPSA) is 56.6 Å². The Morgan fingerprint density at radius 1 is 0.882 bits per heavy atom. The molecule has 17 heavy (non-hydrogen) atoms. The van der Waals surface area contributed by atoms with Gasteiger partial charge in [-0.2, -0.15) is 0 Å². The summed E-state index contributed by atoms with van der Waals surface area (Å²) < 4.78 is 0. The van der Waals surface area contributed by atoms with Crippen LogP contribution in [0, 0.1) is 0 Å². The highest BCUT2D eigenvalue weighted by Gasteiger charge is 1.97. The van der Waals surface area contributed by atoms with Gasteiger partial charge in [-0.1, -0.05) is 36.4 Å². The van der Waals surface area contributed by atoms with Crippen LogP contribution in [-0.2, 0) is 0 Å². The highest BCUT2D eigenvalue weighted by molar-refractivity contribution is 5.94. The third-order valence-electron chi connectivity index (χ3n) is 2.14. The second-order valence-corrected chi connectivity index (χ2v) is 3.40. The second kappa shape index (κ2) is 5.67. The Morgan fingerprint density at radius 2 is 1.47 bits per heavy atom. The lowest BCUT2D eigenvalue weighted by Gasteiger charge is -2.07. The summed E-state index contributed by atoms with van der Waals surface area (Å²) in [6, 6.07) is 18.9. The fourth-order valence-corrected chi connectivity index (χ4v) is 1.37. The van der Waals surface area contributed by atoms with Crippen LogP contribution in [0.4, 0.5) is 11.4 Å². The molecule has 0 radical (unpaired) electrons. The third kappa shape index (κ3) is 3.32. The van der Waals surface area contributed by atoms with E-state index in [4.69, 9.17) is 5.21 Å². The molecule has 4 nitrogen and oxygen atoms in total. The van der Waals surface area contributed by atoms with Crippen molar-refractivity contribution in [2.24, 2.45) is 4.99 Å². The summed E-state index contributed by atoms with van der Waals surface area (Å²) in [7, 11) is 0. The van der Waals surface area contributed by atoms with Crippen LogP contribution in [0.5, 0.6) is 0 Å². The molecule has 4 heteroatoms. The highest BCUT2D eigenvalue weighted by atomic mass is 16.5. The minimum absolute atomic E-state index is 0.280. The first-order valence-electron chi connectivity index (χ1n) is 5.24. The van der Waals surface area contributed by atoms with Gasteiger partial charge in [0.2, 0.25) is 5.96 Å². The number of hydrogen-bond donors (Lipinski definition) is 3. The molecule has 0 spiro atoms. The molecular weight excluding hydrogens is 214 g/mol. The zero-order valence-electron chi connectivity index (χ0n) is 9.17. The van der Waals surface area contributed by atoms with Crippen LogP contribution in [0.15, 0.2) is 65.7 Å². The van der Waals surface area contributed by atoms with Crippen LogP contribution in [0.2, 0.25) is 0 Å². The number of benzene rings is 2. The minimum atomic E-state index is 0.280. The molecule has 0 aliphatic heterocycles. The maximum atomic E-state index is 9.01. The molecule has 2 aromatic carbocycles. The average molecular weight is 227 g/mol. The summed E-state index contributed by atoms with van der Waals surface area (Å²) in [5.41, 5.74) is 3.65. The van der Waals surface area contributed by atoms with E-state index in [0.29, 0.717) is 0 Å². The molecule has 86 valence electrons. The fourth-order valence-electron chi connectivity index (χ4n) is 1.37. The standard InChI is InChI=1S/C13H13N3O/c17-16-13(14-11-7-3-1-4-8-11)15-12-9-5-2-6-10-12/h1-10,17H,(H2,14,15,16). The molecule has 0 heterocycles. The van der Waals surface area contributed by atoms with Crippen molar-refractivity contribution in [3.8, 4) is 0 Å². The summed E-state index contributed by atoms with van der Waals surface area (Å²) in [5, 5.41) is 12.0. The van der Waals surface area contributed by atoms with Crippen LogP contribution in [-0.4, -0.2) is 11.2 Å². The number of hydroxylamine groups is 1. The predicted octanol–water partition coefficient (Wildman–Crippen LogP) is 2.77. The molecule has 0 saturated heterocycles. The van der Waals surface area contributed by atoms with Crippen molar-refractivity contribution in [2.75, 3.05) is 5.32 Å². The van der Waals surface area contributed by atoms with Crippen molar-refractivity contribution in [3.05, 3.63) is 60.7 Å². The van der Waals surface area contributed by atoms with Gasteiger partial charge in [0.15, 0.2) is 0 Å². The van der Waals surface area contributed by atoms with E-state index in [2.05, 4.69) is 10.3 Å². The normalized spacial score (nSPS) is 11.0. The molecule has 0 aliphatic carbocycles. The highest BCUT2D eigenvalue weighted by Crippen LogP contribution is 2.11. The van der Waals surface area contributed by atoms with Gasteiger partial charge in [-0.15, -0.1) is 0 Å². The van der Waals surface area contributed by atoms with E-state index in [1.807, 2.05) is 66.1 Å². The van der Waals surface area contributed by atoms with Crippen LogP contribution in [0.3, 0.4) is 0 Å². The molecule has 0 saturated carbocycles. The van der Waals surface area contributed by atoms with Crippen molar-refractivity contribution < 1.29 is 5.21 Å². The van der Waals surface area contributed by atoms with Crippen molar-refractivity contribution in [2.45, 2.75) is 0 Å². The molecular formula is C13H13N3O. The first-order valence-corrected chi connectivity index (χ1v) is 5.24. The maximum absolute atomic E-state index is 9.01. The Morgan fingerprint density at radius 3 is 2.06 bits per heavy atom. The molecule has 0 fully saturated rings. The number of nitrogens with one attached hydrogen (secondary N) is 2. The van der Waals surface area contributed by atoms with Crippen molar-refractivity contribution in [1.82, 2.24) is 5.48 Å². The average Bonchev–Trinajstić information content (AvgIpc) is 2.40. The SMILES string of the molecule is ONC(=Nc1ccccc1)Nc1ccccc1. The number of hydrogen-bond acceptors (Lipinski definition) is 2. The van der Waals surface area contributed by atoms with Crippen molar-refractivity contribution in [1.29, 1.82) is 0 Å². The number of rotatable bonds is 2. The van der Waals surface area contributed by atoms with E-state index in [1.165, 1.54) is 0 Å². The van der Waals surface area contributed by atoms with E-state index in [0.717, 1.165) is 11.4 Å². The Kier molecular flexibility index (Phi) is 3.72. The van der Waals surface area contributed by atoms with Crippen molar-refractivity contribution in [3.63, 3.8) is 0 Å². The smallest absolute Gasteiger partial charge is 0.225 e. The number of anilines is 1. The minimum Gasteiger partial charge on any atom is -0.324 e. The summed E-state index contributed by atoms with van der Waals surface area (Å²) >= 11 is 0. The van der Waals surface area contributed by atoms with E-state index in [-0.39, 0.29) is 5.96 Å². The van der Waals surface area contributed by atoms with Crippen LogP contribution < -0.4 is 10.8 Å². The molecule has 2 rings (SSSR count). The Bertz CT molecular complexity index is 483. The lowest BCUT2D eigenvalue weighted by Crippen LogP contribution is -2.27. The van der Waals surface area contributed by atoms with Gasteiger partial charge in [0.1, 0.15) is 0 Å². The van der Waals surface area contributed by atoms with Gasteiger partial charge in [0.05, 0.1) is 5.69 Å². The monoisotopic (exact) mass is 227 g/mol.